The van der Waals surface area contributed by atoms with Gasteiger partial charge < -0.3 is 9.30 Å². The summed E-state index contributed by atoms with van der Waals surface area (Å²) in [5.41, 5.74) is 2.66. The number of fused-ring (bicyclic) bond motifs is 1. The largest absolute Gasteiger partial charge is 0.381 e. The van der Waals surface area contributed by atoms with E-state index >= 15 is 0 Å². The Labute approximate surface area is 129 Å². The molecule has 0 amide bonds. The average Bonchev–Trinajstić information content (AvgIpc) is 2.86. The minimum atomic E-state index is 0.558. The van der Waals surface area contributed by atoms with Gasteiger partial charge in [-0.15, -0.1) is 11.6 Å². The number of benzene rings is 1. The molecule has 0 radical (unpaired) electrons. The van der Waals surface area contributed by atoms with Gasteiger partial charge in [0.05, 0.1) is 22.7 Å². The van der Waals surface area contributed by atoms with Crippen molar-refractivity contribution in [1.29, 1.82) is 5.26 Å². The second-order valence-electron chi connectivity index (χ2n) is 5.45. The maximum atomic E-state index is 9.10. The van der Waals surface area contributed by atoms with Gasteiger partial charge in [0, 0.05) is 32.1 Å². The van der Waals surface area contributed by atoms with Crippen LogP contribution in [0.2, 0.25) is 0 Å². The van der Waals surface area contributed by atoms with Crippen molar-refractivity contribution in [1.82, 2.24) is 9.55 Å². The number of aromatic nitrogens is 2. The Kier molecular flexibility index (Phi) is 4.42. The predicted octanol–water partition coefficient (Wildman–Crippen LogP) is 3.12. The highest BCUT2D eigenvalue weighted by molar-refractivity contribution is 6.17. The molecule has 1 aromatic heterocycles. The Morgan fingerprint density at radius 1 is 1.38 bits per heavy atom. The average molecular weight is 304 g/mol. The molecule has 110 valence electrons. The maximum absolute atomic E-state index is 9.10. The van der Waals surface area contributed by atoms with E-state index in [1.165, 1.54) is 0 Å². The lowest BCUT2D eigenvalue weighted by molar-refractivity contribution is 0.0613. The fraction of sp³-hybridized carbons (Fsp3) is 0.500. The molecule has 1 aliphatic heterocycles. The molecule has 1 aliphatic rings. The van der Waals surface area contributed by atoms with Crippen LogP contribution in [0.5, 0.6) is 0 Å². The third-order valence-electron chi connectivity index (χ3n) is 4.06. The Morgan fingerprint density at radius 3 is 2.90 bits per heavy atom. The van der Waals surface area contributed by atoms with Crippen molar-refractivity contribution >= 4 is 22.6 Å². The van der Waals surface area contributed by atoms with E-state index in [-0.39, 0.29) is 0 Å². The van der Waals surface area contributed by atoms with Crippen molar-refractivity contribution in [3.63, 3.8) is 0 Å². The molecular formula is C16H18ClN3O. The van der Waals surface area contributed by atoms with Crippen LogP contribution in [-0.4, -0.2) is 28.6 Å². The second-order valence-corrected chi connectivity index (χ2v) is 5.83. The van der Waals surface area contributed by atoms with Gasteiger partial charge in [0.25, 0.3) is 0 Å². The molecule has 1 fully saturated rings. The van der Waals surface area contributed by atoms with Gasteiger partial charge >= 0.3 is 0 Å². The normalized spacial score (nSPS) is 16.2. The van der Waals surface area contributed by atoms with Gasteiger partial charge in [-0.2, -0.15) is 5.26 Å². The van der Waals surface area contributed by atoms with Crippen molar-refractivity contribution in [2.45, 2.75) is 25.8 Å². The van der Waals surface area contributed by atoms with Gasteiger partial charge in [0.15, 0.2) is 0 Å². The van der Waals surface area contributed by atoms with Crippen molar-refractivity contribution < 1.29 is 4.74 Å². The van der Waals surface area contributed by atoms with Crippen LogP contribution in [0.25, 0.3) is 11.0 Å². The minimum Gasteiger partial charge on any atom is -0.381 e. The SMILES string of the molecule is N#Cc1ccc2nc(CCCl)n(CC3CCOCC3)c2c1. The van der Waals surface area contributed by atoms with Crippen molar-refractivity contribution in [2.75, 3.05) is 19.1 Å². The van der Waals surface area contributed by atoms with Gasteiger partial charge in [-0.1, -0.05) is 0 Å². The van der Waals surface area contributed by atoms with Gasteiger partial charge in [-0.05, 0) is 37.0 Å². The van der Waals surface area contributed by atoms with Crippen LogP contribution in [0.1, 0.15) is 24.2 Å². The molecule has 4 nitrogen and oxygen atoms in total. The number of nitriles is 1. The summed E-state index contributed by atoms with van der Waals surface area (Å²) in [5, 5.41) is 9.10. The van der Waals surface area contributed by atoms with Crippen LogP contribution in [0.4, 0.5) is 0 Å². The fourth-order valence-corrected chi connectivity index (χ4v) is 3.08. The van der Waals surface area contributed by atoms with Crippen molar-refractivity contribution in [3.8, 4) is 6.07 Å². The molecule has 0 saturated carbocycles. The summed E-state index contributed by atoms with van der Waals surface area (Å²) < 4.78 is 7.68. The van der Waals surface area contributed by atoms with Crippen molar-refractivity contribution in [2.24, 2.45) is 5.92 Å². The molecule has 1 saturated heterocycles. The molecule has 3 rings (SSSR count). The Balaban J connectivity index is 1.99. The lowest BCUT2D eigenvalue weighted by Gasteiger charge is -2.23. The number of imidazole rings is 1. The lowest BCUT2D eigenvalue weighted by atomic mass is 10.00. The second kappa shape index (κ2) is 6.46. The molecule has 0 unspecified atom stereocenters. The predicted molar refractivity (Wildman–Crippen MR) is 82.4 cm³/mol. The number of hydrogen-bond acceptors (Lipinski definition) is 3. The molecule has 2 heterocycles. The Hall–Kier alpha value is -1.57. The number of aryl methyl sites for hydroxylation is 1. The van der Waals surface area contributed by atoms with E-state index in [9.17, 15) is 0 Å². The van der Waals surface area contributed by atoms with Crippen LogP contribution in [0.3, 0.4) is 0 Å². The van der Waals surface area contributed by atoms with Crippen LogP contribution >= 0.6 is 11.6 Å². The molecule has 0 N–H and O–H groups in total. The summed E-state index contributed by atoms with van der Waals surface area (Å²) in [4.78, 5) is 4.68. The van der Waals surface area contributed by atoms with Gasteiger partial charge in [-0.3, -0.25) is 0 Å². The van der Waals surface area contributed by atoms with E-state index in [1.807, 2.05) is 18.2 Å². The summed E-state index contributed by atoms with van der Waals surface area (Å²) in [7, 11) is 0. The first-order chi connectivity index (χ1) is 10.3. The summed E-state index contributed by atoms with van der Waals surface area (Å²) in [5.74, 6) is 2.18. The smallest absolute Gasteiger partial charge is 0.111 e. The number of hydrogen-bond donors (Lipinski definition) is 0. The standard InChI is InChI=1S/C16H18ClN3O/c17-6-3-16-19-14-2-1-13(10-18)9-15(14)20(16)11-12-4-7-21-8-5-12/h1-2,9,12H,3-8,11H2. The summed E-state index contributed by atoms with van der Waals surface area (Å²) in [6, 6.07) is 7.87. The molecule has 0 bridgehead atoms. The molecule has 21 heavy (non-hydrogen) atoms. The zero-order valence-corrected chi connectivity index (χ0v) is 12.6. The highest BCUT2D eigenvalue weighted by Gasteiger charge is 2.18. The molecule has 0 atom stereocenters. The first kappa shape index (κ1) is 14.4. The zero-order valence-electron chi connectivity index (χ0n) is 11.9. The summed E-state index contributed by atoms with van der Waals surface area (Å²) in [6.45, 7) is 2.61. The number of halogens is 1. The van der Waals surface area contributed by atoms with Crippen LogP contribution < -0.4 is 0 Å². The van der Waals surface area contributed by atoms with Gasteiger partial charge in [0.2, 0.25) is 0 Å². The molecular weight excluding hydrogens is 286 g/mol. The van der Waals surface area contributed by atoms with Crippen LogP contribution in [-0.2, 0) is 17.7 Å². The summed E-state index contributed by atoms with van der Waals surface area (Å²) in [6.07, 6.45) is 2.91. The highest BCUT2D eigenvalue weighted by Crippen LogP contribution is 2.24. The van der Waals surface area contributed by atoms with E-state index in [0.29, 0.717) is 17.4 Å². The number of alkyl halides is 1. The van der Waals surface area contributed by atoms with E-state index in [1.54, 1.807) is 0 Å². The minimum absolute atomic E-state index is 0.558. The fourth-order valence-electron chi connectivity index (χ4n) is 2.91. The molecule has 0 aliphatic carbocycles. The Bertz CT molecular complexity index is 668. The van der Waals surface area contributed by atoms with E-state index in [4.69, 9.17) is 21.6 Å². The van der Waals surface area contributed by atoms with Crippen LogP contribution in [0, 0.1) is 17.2 Å². The highest BCUT2D eigenvalue weighted by atomic mass is 35.5. The van der Waals surface area contributed by atoms with E-state index in [0.717, 1.165) is 55.9 Å². The van der Waals surface area contributed by atoms with Crippen molar-refractivity contribution in [3.05, 3.63) is 29.6 Å². The molecule has 2 aromatic rings. The van der Waals surface area contributed by atoms with E-state index in [2.05, 4.69) is 15.6 Å². The van der Waals surface area contributed by atoms with Gasteiger partial charge in [-0.25, -0.2) is 4.98 Å². The van der Waals surface area contributed by atoms with Gasteiger partial charge in [0.1, 0.15) is 5.82 Å². The topological polar surface area (TPSA) is 50.8 Å². The van der Waals surface area contributed by atoms with E-state index < -0.39 is 0 Å². The third kappa shape index (κ3) is 3.04. The monoisotopic (exact) mass is 303 g/mol. The quantitative estimate of drug-likeness (QED) is 0.815. The number of rotatable bonds is 4. The zero-order chi connectivity index (χ0) is 14.7. The maximum Gasteiger partial charge on any atom is 0.111 e. The first-order valence-corrected chi connectivity index (χ1v) is 7.88. The molecule has 1 aromatic carbocycles. The molecule has 0 spiro atoms. The summed E-state index contributed by atoms with van der Waals surface area (Å²) >= 11 is 5.91. The Morgan fingerprint density at radius 2 is 2.19 bits per heavy atom. The van der Waals surface area contributed by atoms with Crippen LogP contribution in [0.15, 0.2) is 18.2 Å². The lowest BCUT2D eigenvalue weighted by Crippen LogP contribution is -2.21. The number of ether oxygens (including phenoxy) is 1. The third-order valence-corrected chi connectivity index (χ3v) is 4.25. The molecule has 5 heteroatoms. The number of nitrogens with zero attached hydrogens (tertiary/aromatic N) is 3. The first-order valence-electron chi connectivity index (χ1n) is 7.35.